The van der Waals surface area contributed by atoms with Gasteiger partial charge in [0, 0.05) is 16.1 Å². The molecule has 0 aliphatic heterocycles. The van der Waals surface area contributed by atoms with Crippen LogP contribution in [0.15, 0.2) is 60.7 Å². The lowest BCUT2D eigenvalue weighted by Crippen LogP contribution is -2.17. The van der Waals surface area contributed by atoms with Crippen LogP contribution in [0.4, 0.5) is 10.7 Å². The van der Waals surface area contributed by atoms with E-state index in [4.69, 9.17) is 0 Å². The maximum atomic E-state index is 13.1. The predicted octanol–water partition coefficient (Wildman–Crippen LogP) is 4.98. The second-order valence-electron chi connectivity index (χ2n) is 6.69. The zero-order chi connectivity index (χ0) is 18.6. The van der Waals surface area contributed by atoms with Gasteiger partial charge in [-0.15, -0.1) is 11.3 Å². The molecule has 1 aliphatic rings. The number of carbonyl (C=O) groups excluding carboxylic acids is 1. The van der Waals surface area contributed by atoms with Crippen molar-refractivity contribution in [3.8, 4) is 0 Å². The van der Waals surface area contributed by atoms with Crippen molar-refractivity contribution in [2.24, 2.45) is 0 Å². The van der Waals surface area contributed by atoms with E-state index in [0.717, 1.165) is 47.5 Å². The van der Waals surface area contributed by atoms with E-state index in [9.17, 15) is 9.90 Å². The van der Waals surface area contributed by atoms with Gasteiger partial charge in [-0.1, -0.05) is 48.5 Å². The van der Waals surface area contributed by atoms with Crippen molar-refractivity contribution < 1.29 is 9.90 Å². The van der Waals surface area contributed by atoms with Gasteiger partial charge in [0.1, 0.15) is 5.00 Å². The zero-order valence-corrected chi connectivity index (χ0v) is 15.8. The third-order valence-corrected chi connectivity index (χ3v) is 6.04. The average Bonchev–Trinajstić information content (AvgIpc) is 3.07. The second kappa shape index (κ2) is 7.94. The predicted molar refractivity (Wildman–Crippen MR) is 110 cm³/mol. The summed E-state index contributed by atoms with van der Waals surface area (Å²) in [5, 5.41) is 17.5. The highest BCUT2D eigenvalue weighted by molar-refractivity contribution is 7.16. The molecular formula is C22H22N2O2S. The molecule has 0 saturated carbocycles. The first-order valence-corrected chi connectivity index (χ1v) is 10.0. The van der Waals surface area contributed by atoms with Gasteiger partial charge in [0.25, 0.3) is 5.91 Å². The first-order chi connectivity index (χ1) is 13.2. The molecule has 0 fully saturated rings. The first kappa shape index (κ1) is 17.8. The molecule has 1 aliphatic carbocycles. The molecule has 1 aromatic heterocycles. The number of nitrogens with one attached hydrogen (secondary N) is 2. The van der Waals surface area contributed by atoms with Crippen molar-refractivity contribution in [2.45, 2.75) is 31.9 Å². The Bertz CT molecular complexity index is 922. The lowest BCUT2D eigenvalue weighted by atomic mass is 9.95. The molecule has 2 aromatic carbocycles. The Hall–Kier alpha value is -2.63. The van der Waals surface area contributed by atoms with Crippen LogP contribution in [0.25, 0.3) is 0 Å². The first-order valence-electron chi connectivity index (χ1n) is 9.23. The molecular weight excluding hydrogens is 356 g/mol. The normalized spacial score (nSPS) is 14.3. The van der Waals surface area contributed by atoms with Crippen LogP contribution in [0, 0.1) is 0 Å². The quantitative estimate of drug-likeness (QED) is 0.549. The molecule has 3 aromatic rings. The van der Waals surface area contributed by atoms with Crippen molar-refractivity contribution >= 4 is 27.9 Å². The molecule has 0 bridgehead atoms. The molecule has 4 rings (SSSR count). The van der Waals surface area contributed by atoms with E-state index in [0.29, 0.717) is 5.56 Å². The summed E-state index contributed by atoms with van der Waals surface area (Å²) < 4.78 is 0. The van der Waals surface area contributed by atoms with Gasteiger partial charge >= 0.3 is 0 Å². The fourth-order valence-corrected chi connectivity index (χ4v) is 4.77. The van der Waals surface area contributed by atoms with E-state index in [1.807, 2.05) is 60.7 Å². The Morgan fingerprint density at radius 3 is 2.37 bits per heavy atom. The average molecular weight is 378 g/mol. The van der Waals surface area contributed by atoms with Gasteiger partial charge in [-0.3, -0.25) is 4.79 Å². The Morgan fingerprint density at radius 2 is 1.63 bits per heavy atom. The number of para-hydroxylation sites is 1. The number of aliphatic hydroxyl groups excluding tert-OH is 1. The van der Waals surface area contributed by atoms with Crippen molar-refractivity contribution in [1.82, 2.24) is 0 Å². The minimum Gasteiger partial charge on any atom is -0.369 e. The van der Waals surface area contributed by atoms with Crippen LogP contribution in [-0.2, 0) is 12.8 Å². The molecule has 138 valence electrons. The third kappa shape index (κ3) is 3.89. The van der Waals surface area contributed by atoms with Gasteiger partial charge in [0.05, 0.1) is 5.56 Å². The van der Waals surface area contributed by atoms with E-state index >= 15 is 0 Å². The Kier molecular flexibility index (Phi) is 5.23. The number of amides is 1. The molecule has 0 spiro atoms. The Labute approximate surface area is 162 Å². The number of rotatable bonds is 5. The van der Waals surface area contributed by atoms with Crippen LogP contribution < -0.4 is 10.6 Å². The third-order valence-electron chi connectivity index (χ3n) is 4.81. The maximum absolute atomic E-state index is 13.1. The lowest BCUT2D eigenvalue weighted by molar-refractivity contribution is 0.102. The van der Waals surface area contributed by atoms with Gasteiger partial charge in [0.15, 0.2) is 6.23 Å². The summed E-state index contributed by atoms with van der Waals surface area (Å²) in [6, 6.07) is 18.9. The number of hydrogen-bond acceptors (Lipinski definition) is 4. The molecule has 3 N–H and O–H groups in total. The van der Waals surface area contributed by atoms with Crippen molar-refractivity contribution in [2.75, 3.05) is 10.6 Å². The van der Waals surface area contributed by atoms with Gasteiger partial charge < -0.3 is 15.7 Å². The maximum Gasteiger partial charge on any atom is 0.258 e. The summed E-state index contributed by atoms with van der Waals surface area (Å²) >= 11 is 1.59. The monoisotopic (exact) mass is 378 g/mol. The summed E-state index contributed by atoms with van der Waals surface area (Å²) in [7, 11) is 0. The number of hydrogen-bond donors (Lipinski definition) is 3. The standard InChI is InChI=1S/C22H22N2O2S/c25-20(15-9-3-1-4-10-15)24-22-19(17-13-7-8-14-18(17)27-22)21(26)23-16-11-5-2-6-12-16/h1-6,9-12,20,24-25H,7-8,13-14H2,(H,23,26). The number of thiophene rings is 1. The summed E-state index contributed by atoms with van der Waals surface area (Å²) in [4.78, 5) is 14.3. The van der Waals surface area contributed by atoms with Crippen LogP contribution in [0.2, 0.25) is 0 Å². The summed E-state index contributed by atoms with van der Waals surface area (Å²) in [6.45, 7) is 0. The largest absolute Gasteiger partial charge is 0.369 e. The number of benzene rings is 2. The van der Waals surface area contributed by atoms with Crippen molar-refractivity contribution in [3.63, 3.8) is 0 Å². The fourth-order valence-electron chi connectivity index (χ4n) is 3.47. The molecule has 0 radical (unpaired) electrons. The van der Waals surface area contributed by atoms with Crippen LogP contribution >= 0.6 is 11.3 Å². The van der Waals surface area contributed by atoms with Crippen LogP contribution in [0.1, 0.15) is 45.4 Å². The highest BCUT2D eigenvalue weighted by Gasteiger charge is 2.26. The molecule has 1 amide bonds. The van der Waals surface area contributed by atoms with Gasteiger partial charge in [-0.2, -0.15) is 0 Å². The van der Waals surface area contributed by atoms with E-state index in [1.54, 1.807) is 11.3 Å². The molecule has 1 atom stereocenters. The fraction of sp³-hybridized carbons (Fsp3) is 0.227. The highest BCUT2D eigenvalue weighted by Crippen LogP contribution is 2.39. The van der Waals surface area contributed by atoms with Crippen LogP contribution in [-0.4, -0.2) is 11.0 Å². The number of fused-ring (bicyclic) bond motifs is 1. The number of aliphatic hydroxyl groups is 1. The lowest BCUT2D eigenvalue weighted by Gasteiger charge is -2.16. The number of carbonyl (C=O) groups is 1. The van der Waals surface area contributed by atoms with Crippen molar-refractivity contribution in [3.05, 3.63) is 82.2 Å². The van der Waals surface area contributed by atoms with E-state index in [2.05, 4.69) is 10.6 Å². The van der Waals surface area contributed by atoms with E-state index in [1.165, 1.54) is 4.88 Å². The van der Waals surface area contributed by atoms with Gasteiger partial charge in [-0.05, 0) is 43.4 Å². The Balaban J connectivity index is 1.65. The molecule has 1 heterocycles. The molecule has 5 heteroatoms. The van der Waals surface area contributed by atoms with Gasteiger partial charge in [-0.25, -0.2) is 0 Å². The summed E-state index contributed by atoms with van der Waals surface area (Å²) in [6.07, 6.45) is 3.29. The molecule has 4 nitrogen and oxygen atoms in total. The Morgan fingerprint density at radius 1 is 0.963 bits per heavy atom. The second-order valence-corrected chi connectivity index (χ2v) is 7.80. The topological polar surface area (TPSA) is 61.4 Å². The molecule has 0 saturated heterocycles. The molecule has 27 heavy (non-hydrogen) atoms. The van der Waals surface area contributed by atoms with Crippen LogP contribution in [0.5, 0.6) is 0 Å². The summed E-state index contributed by atoms with van der Waals surface area (Å²) in [5.41, 5.74) is 3.35. The van der Waals surface area contributed by atoms with E-state index in [-0.39, 0.29) is 5.91 Å². The summed E-state index contributed by atoms with van der Waals surface area (Å²) in [5.74, 6) is -0.122. The van der Waals surface area contributed by atoms with Crippen molar-refractivity contribution in [1.29, 1.82) is 0 Å². The van der Waals surface area contributed by atoms with E-state index < -0.39 is 6.23 Å². The number of anilines is 2. The zero-order valence-electron chi connectivity index (χ0n) is 14.9. The smallest absolute Gasteiger partial charge is 0.258 e. The SMILES string of the molecule is O=C(Nc1ccccc1)c1c(NC(O)c2ccccc2)sc2c1CCCC2. The molecule has 1 unspecified atom stereocenters. The van der Waals surface area contributed by atoms with Gasteiger partial charge in [0.2, 0.25) is 0 Å². The highest BCUT2D eigenvalue weighted by atomic mass is 32.1. The number of aryl methyl sites for hydroxylation is 1. The minimum atomic E-state index is -0.852. The minimum absolute atomic E-state index is 0.122. The van der Waals surface area contributed by atoms with Crippen LogP contribution in [0.3, 0.4) is 0 Å².